The summed E-state index contributed by atoms with van der Waals surface area (Å²) in [6.45, 7) is 2.16. The average molecular weight is 255 g/mol. The van der Waals surface area contributed by atoms with Gasteiger partial charge in [0, 0.05) is 18.6 Å². The van der Waals surface area contributed by atoms with E-state index in [2.05, 4.69) is 36.4 Å². The highest BCUT2D eigenvalue weighted by molar-refractivity contribution is 5.63. The van der Waals surface area contributed by atoms with Crippen molar-refractivity contribution in [3.05, 3.63) is 60.2 Å². The molecule has 0 fully saturated rings. The fourth-order valence-corrected chi connectivity index (χ4v) is 2.43. The van der Waals surface area contributed by atoms with Gasteiger partial charge in [0.15, 0.2) is 0 Å². The molecule has 100 valence electrons. The van der Waals surface area contributed by atoms with Crippen molar-refractivity contribution in [3.8, 4) is 11.1 Å². The van der Waals surface area contributed by atoms with Crippen molar-refractivity contribution < 1.29 is 5.11 Å². The molecule has 19 heavy (non-hydrogen) atoms. The molecule has 0 amide bonds. The summed E-state index contributed by atoms with van der Waals surface area (Å²) < 4.78 is 0. The van der Waals surface area contributed by atoms with Crippen molar-refractivity contribution in [3.63, 3.8) is 0 Å². The van der Waals surface area contributed by atoms with E-state index < -0.39 is 0 Å². The van der Waals surface area contributed by atoms with E-state index in [1.165, 1.54) is 16.7 Å². The van der Waals surface area contributed by atoms with Gasteiger partial charge in [-0.05, 0) is 30.0 Å². The first-order chi connectivity index (χ1) is 9.22. The Hall–Kier alpha value is -1.64. The lowest BCUT2D eigenvalue weighted by molar-refractivity contribution is 0.269. The predicted molar refractivity (Wildman–Crippen MR) is 80.0 cm³/mol. The van der Waals surface area contributed by atoms with E-state index in [-0.39, 0.29) is 18.6 Å². The maximum Gasteiger partial charge on any atom is 0.0437 e. The van der Waals surface area contributed by atoms with E-state index in [4.69, 9.17) is 10.8 Å². The van der Waals surface area contributed by atoms with Gasteiger partial charge in [-0.25, -0.2) is 0 Å². The maximum absolute atomic E-state index is 9.12. The van der Waals surface area contributed by atoms with Gasteiger partial charge in [0.25, 0.3) is 0 Å². The van der Waals surface area contributed by atoms with E-state index in [1.807, 2.05) is 25.1 Å². The molecule has 0 heterocycles. The smallest absolute Gasteiger partial charge is 0.0437 e. The summed E-state index contributed by atoms with van der Waals surface area (Å²) in [5.41, 5.74) is 9.61. The molecule has 3 N–H and O–H groups in total. The lowest BCUT2D eigenvalue weighted by Crippen LogP contribution is -2.25. The minimum absolute atomic E-state index is 0.0507. The van der Waals surface area contributed by atoms with Gasteiger partial charge in [-0.2, -0.15) is 0 Å². The van der Waals surface area contributed by atoms with Gasteiger partial charge < -0.3 is 10.8 Å². The predicted octanol–water partition coefficient (Wildman–Crippen LogP) is 3.17. The lowest BCUT2D eigenvalue weighted by Gasteiger charge is -2.20. The van der Waals surface area contributed by atoms with Crippen LogP contribution >= 0.6 is 0 Å². The van der Waals surface area contributed by atoms with Crippen LogP contribution in [0.1, 0.15) is 24.8 Å². The second-order valence-electron chi connectivity index (χ2n) is 4.97. The molecule has 2 rings (SSSR count). The fourth-order valence-electron chi connectivity index (χ4n) is 2.43. The Morgan fingerprint density at radius 1 is 0.947 bits per heavy atom. The van der Waals surface area contributed by atoms with Crippen LogP contribution in [0.4, 0.5) is 0 Å². The van der Waals surface area contributed by atoms with Crippen LogP contribution in [0.25, 0.3) is 11.1 Å². The fraction of sp³-hybridized carbons (Fsp3) is 0.294. The van der Waals surface area contributed by atoms with Crippen molar-refractivity contribution in [1.82, 2.24) is 0 Å². The summed E-state index contributed by atoms with van der Waals surface area (Å²) in [5, 5.41) is 9.12. The molecule has 2 heteroatoms. The molecule has 0 saturated carbocycles. The molecule has 0 bridgehead atoms. The van der Waals surface area contributed by atoms with Crippen molar-refractivity contribution in [2.24, 2.45) is 5.73 Å². The number of aliphatic hydroxyl groups excluding tert-OH is 1. The highest BCUT2D eigenvalue weighted by atomic mass is 16.3. The average Bonchev–Trinajstić information content (AvgIpc) is 2.46. The zero-order valence-corrected chi connectivity index (χ0v) is 11.3. The Kier molecular flexibility index (Phi) is 4.72. The molecule has 2 nitrogen and oxygen atoms in total. The van der Waals surface area contributed by atoms with Crippen LogP contribution in [0.3, 0.4) is 0 Å². The Labute approximate surface area is 114 Å². The Morgan fingerprint density at radius 2 is 1.53 bits per heavy atom. The molecule has 0 aromatic heterocycles. The monoisotopic (exact) mass is 255 g/mol. The molecule has 0 saturated heterocycles. The lowest BCUT2D eigenvalue weighted by atomic mass is 9.89. The van der Waals surface area contributed by atoms with Crippen molar-refractivity contribution in [2.45, 2.75) is 25.3 Å². The third kappa shape index (κ3) is 3.43. The molecule has 0 aliphatic rings. The van der Waals surface area contributed by atoms with E-state index in [9.17, 15) is 0 Å². The van der Waals surface area contributed by atoms with E-state index in [0.29, 0.717) is 6.42 Å². The van der Waals surface area contributed by atoms with Crippen molar-refractivity contribution in [1.29, 1.82) is 0 Å². The standard InChI is InChI=1S/C17H21NO/c1-13(18)17(11-12-19)16-9-7-15(8-10-16)14-5-3-2-4-6-14/h2-10,13,17,19H,11-12,18H2,1H3. The number of aliphatic hydroxyl groups is 1. The summed E-state index contributed by atoms with van der Waals surface area (Å²) in [6, 6.07) is 18.8. The zero-order valence-electron chi connectivity index (χ0n) is 11.3. The highest BCUT2D eigenvalue weighted by Crippen LogP contribution is 2.26. The summed E-state index contributed by atoms with van der Waals surface area (Å²) in [6.07, 6.45) is 0.711. The van der Waals surface area contributed by atoms with Crippen molar-refractivity contribution in [2.75, 3.05) is 6.61 Å². The highest BCUT2D eigenvalue weighted by Gasteiger charge is 2.15. The van der Waals surface area contributed by atoms with Crippen LogP contribution in [-0.4, -0.2) is 17.8 Å². The Morgan fingerprint density at radius 3 is 2.05 bits per heavy atom. The minimum atomic E-state index is 0.0507. The third-order valence-corrected chi connectivity index (χ3v) is 3.52. The first-order valence-corrected chi connectivity index (χ1v) is 6.74. The van der Waals surface area contributed by atoms with Crippen LogP contribution in [0, 0.1) is 0 Å². The van der Waals surface area contributed by atoms with Crippen LogP contribution in [0.15, 0.2) is 54.6 Å². The molecule has 2 atom stereocenters. The summed E-state index contributed by atoms with van der Waals surface area (Å²) in [7, 11) is 0. The normalized spacial score (nSPS) is 14.1. The second kappa shape index (κ2) is 6.50. The molecule has 0 spiro atoms. The summed E-state index contributed by atoms with van der Waals surface area (Å²) in [4.78, 5) is 0. The molecule has 0 radical (unpaired) electrons. The first kappa shape index (κ1) is 13.8. The number of hydrogen-bond acceptors (Lipinski definition) is 2. The molecule has 0 aliphatic carbocycles. The minimum Gasteiger partial charge on any atom is -0.396 e. The van der Waals surface area contributed by atoms with Crippen LogP contribution in [-0.2, 0) is 0 Å². The van der Waals surface area contributed by atoms with E-state index in [1.54, 1.807) is 0 Å². The number of rotatable bonds is 5. The van der Waals surface area contributed by atoms with Gasteiger partial charge in [-0.15, -0.1) is 0 Å². The second-order valence-corrected chi connectivity index (χ2v) is 4.97. The van der Waals surface area contributed by atoms with Gasteiger partial charge in [0.05, 0.1) is 0 Å². The summed E-state index contributed by atoms with van der Waals surface area (Å²) >= 11 is 0. The van der Waals surface area contributed by atoms with Crippen LogP contribution in [0.2, 0.25) is 0 Å². The molecule has 2 unspecified atom stereocenters. The van der Waals surface area contributed by atoms with Gasteiger partial charge in [0.2, 0.25) is 0 Å². The molecular formula is C17H21NO. The largest absolute Gasteiger partial charge is 0.396 e. The quantitative estimate of drug-likeness (QED) is 0.862. The van der Waals surface area contributed by atoms with Crippen LogP contribution in [0.5, 0.6) is 0 Å². The number of benzene rings is 2. The SMILES string of the molecule is CC(N)C(CCO)c1ccc(-c2ccccc2)cc1. The number of hydrogen-bond donors (Lipinski definition) is 2. The van der Waals surface area contributed by atoms with Gasteiger partial charge >= 0.3 is 0 Å². The molecular weight excluding hydrogens is 234 g/mol. The molecule has 2 aromatic rings. The topological polar surface area (TPSA) is 46.2 Å². The molecule has 0 aliphatic heterocycles. The molecule has 2 aromatic carbocycles. The van der Waals surface area contributed by atoms with Crippen LogP contribution < -0.4 is 5.73 Å². The maximum atomic E-state index is 9.12. The first-order valence-electron chi connectivity index (χ1n) is 6.74. The third-order valence-electron chi connectivity index (χ3n) is 3.52. The van der Waals surface area contributed by atoms with Gasteiger partial charge in [-0.1, -0.05) is 54.6 Å². The van der Waals surface area contributed by atoms with E-state index in [0.717, 1.165) is 0 Å². The summed E-state index contributed by atoms with van der Waals surface area (Å²) in [5.74, 6) is 0.217. The Bertz CT molecular complexity index is 490. The van der Waals surface area contributed by atoms with Gasteiger partial charge in [0.1, 0.15) is 0 Å². The number of nitrogens with two attached hydrogens (primary N) is 1. The Balaban J connectivity index is 2.22. The van der Waals surface area contributed by atoms with Crippen molar-refractivity contribution >= 4 is 0 Å². The van der Waals surface area contributed by atoms with Gasteiger partial charge in [-0.3, -0.25) is 0 Å². The zero-order chi connectivity index (χ0) is 13.7. The van der Waals surface area contributed by atoms with E-state index >= 15 is 0 Å².